The van der Waals surface area contributed by atoms with Crippen LogP contribution in [0, 0.1) is 0 Å². The molecule has 18 heavy (non-hydrogen) atoms. The number of fused-ring (bicyclic) bond motifs is 1. The SMILES string of the molecule is C=C(C)C(=O)OCCCC1CNc2ccccc21. The van der Waals surface area contributed by atoms with Crippen LogP contribution >= 0.6 is 0 Å². The first-order chi connectivity index (χ1) is 8.68. The fourth-order valence-corrected chi connectivity index (χ4v) is 2.23. The molecular weight excluding hydrogens is 226 g/mol. The van der Waals surface area contributed by atoms with Crippen molar-refractivity contribution in [1.29, 1.82) is 0 Å². The minimum absolute atomic E-state index is 0.292. The van der Waals surface area contributed by atoms with Crippen LogP contribution in [0.15, 0.2) is 36.4 Å². The number of benzene rings is 1. The summed E-state index contributed by atoms with van der Waals surface area (Å²) in [4.78, 5) is 11.2. The maximum Gasteiger partial charge on any atom is 0.333 e. The molecule has 0 amide bonds. The van der Waals surface area contributed by atoms with Crippen molar-refractivity contribution >= 4 is 11.7 Å². The van der Waals surface area contributed by atoms with E-state index in [1.807, 2.05) is 6.07 Å². The highest BCUT2D eigenvalue weighted by Crippen LogP contribution is 2.33. The highest BCUT2D eigenvalue weighted by Gasteiger charge is 2.20. The minimum atomic E-state index is -0.292. The third-order valence-electron chi connectivity index (χ3n) is 3.22. The summed E-state index contributed by atoms with van der Waals surface area (Å²) in [5.74, 6) is 0.240. The van der Waals surface area contributed by atoms with Gasteiger partial charge in [0.25, 0.3) is 0 Å². The molecule has 1 aliphatic heterocycles. The number of hydrogen-bond acceptors (Lipinski definition) is 3. The van der Waals surface area contributed by atoms with Crippen molar-refractivity contribution in [3.05, 3.63) is 42.0 Å². The van der Waals surface area contributed by atoms with Crippen molar-refractivity contribution < 1.29 is 9.53 Å². The predicted octanol–water partition coefficient (Wildman–Crippen LogP) is 3.10. The van der Waals surface area contributed by atoms with Gasteiger partial charge in [0.2, 0.25) is 0 Å². The average Bonchev–Trinajstić information content (AvgIpc) is 2.77. The number of para-hydroxylation sites is 1. The first-order valence-electron chi connectivity index (χ1n) is 6.34. The topological polar surface area (TPSA) is 38.3 Å². The van der Waals surface area contributed by atoms with Gasteiger partial charge in [0.15, 0.2) is 0 Å². The Morgan fingerprint density at radius 2 is 2.28 bits per heavy atom. The Labute approximate surface area is 108 Å². The lowest BCUT2D eigenvalue weighted by molar-refractivity contribution is -0.139. The van der Waals surface area contributed by atoms with Gasteiger partial charge in [-0.3, -0.25) is 0 Å². The van der Waals surface area contributed by atoms with Gasteiger partial charge in [-0.15, -0.1) is 0 Å². The van der Waals surface area contributed by atoms with E-state index in [1.54, 1.807) is 6.92 Å². The van der Waals surface area contributed by atoms with Crippen LogP contribution in [-0.4, -0.2) is 19.1 Å². The van der Waals surface area contributed by atoms with E-state index < -0.39 is 0 Å². The van der Waals surface area contributed by atoms with Gasteiger partial charge in [-0.2, -0.15) is 0 Å². The van der Waals surface area contributed by atoms with Gasteiger partial charge in [-0.05, 0) is 31.4 Å². The van der Waals surface area contributed by atoms with Crippen LogP contribution in [0.25, 0.3) is 0 Å². The molecule has 0 aromatic heterocycles. The minimum Gasteiger partial charge on any atom is -0.462 e. The molecular formula is C15H19NO2. The van der Waals surface area contributed by atoms with E-state index in [9.17, 15) is 4.79 Å². The Morgan fingerprint density at radius 1 is 1.50 bits per heavy atom. The fraction of sp³-hybridized carbons (Fsp3) is 0.400. The molecule has 3 nitrogen and oxygen atoms in total. The quantitative estimate of drug-likeness (QED) is 0.492. The average molecular weight is 245 g/mol. The Morgan fingerprint density at radius 3 is 3.06 bits per heavy atom. The lowest BCUT2D eigenvalue weighted by Crippen LogP contribution is -2.08. The van der Waals surface area contributed by atoms with Crippen molar-refractivity contribution in [1.82, 2.24) is 0 Å². The van der Waals surface area contributed by atoms with Gasteiger partial charge in [-0.25, -0.2) is 4.79 Å². The number of hydrogen-bond donors (Lipinski definition) is 1. The predicted molar refractivity (Wildman–Crippen MR) is 72.7 cm³/mol. The normalized spacial score (nSPS) is 16.8. The molecule has 0 saturated carbocycles. The highest BCUT2D eigenvalue weighted by atomic mass is 16.5. The number of rotatable bonds is 5. The second-order valence-electron chi connectivity index (χ2n) is 4.72. The number of nitrogens with one attached hydrogen (secondary N) is 1. The Kier molecular flexibility index (Phi) is 4.03. The smallest absolute Gasteiger partial charge is 0.333 e. The molecule has 1 atom stereocenters. The molecule has 0 aliphatic carbocycles. The molecule has 0 fully saturated rings. The zero-order valence-corrected chi connectivity index (χ0v) is 10.7. The van der Waals surface area contributed by atoms with E-state index in [2.05, 4.69) is 30.1 Å². The lowest BCUT2D eigenvalue weighted by Gasteiger charge is -2.10. The summed E-state index contributed by atoms with van der Waals surface area (Å²) in [6.45, 7) is 6.68. The van der Waals surface area contributed by atoms with Gasteiger partial charge in [0.05, 0.1) is 6.61 Å². The number of esters is 1. The highest BCUT2D eigenvalue weighted by molar-refractivity contribution is 5.86. The van der Waals surface area contributed by atoms with E-state index in [-0.39, 0.29) is 5.97 Å². The van der Waals surface area contributed by atoms with Crippen LogP contribution < -0.4 is 5.32 Å². The molecule has 1 unspecified atom stereocenters. The molecule has 2 rings (SSSR count). The molecule has 0 bridgehead atoms. The Hall–Kier alpha value is -1.77. The summed E-state index contributed by atoms with van der Waals surface area (Å²) < 4.78 is 5.09. The molecule has 0 saturated heterocycles. The molecule has 0 spiro atoms. The zero-order chi connectivity index (χ0) is 13.0. The van der Waals surface area contributed by atoms with Crippen molar-refractivity contribution in [2.45, 2.75) is 25.7 Å². The summed E-state index contributed by atoms with van der Waals surface area (Å²) in [5.41, 5.74) is 3.08. The van der Waals surface area contributed by atoms with Gasteiger partial charge in [0.1, 0.15) is 0 Å². The van der Waals surface area contributed by atoms with E-state index in [0.29, 0.717) is 18.1 Å². The number of ether oxygens (including phenoxy) is 1. The number of anilines is 1. The van der Waals surface area contributed by atoms with Crippen LogP contribution in [0.3, 0.4) is 0 Å². The van der Waals surface area contributed by atoms with E-state index in [0.717, 1.165) is 19.4 Å². The summed E-state index contributed by atoms with van der Waals surface area (Å²) in [5, 5.41) is 3.40. The second-order valence-corrected chi connectivity index (χ2v) is 4.72. The van der Waals surface area contributed by atoms with Crippen LogP contribution in [-0.2, 0) is 9.53 Å². The number of carbonyl (C=O) groups is 1. The molecule has 1 aromatic carbocycles. The van der Waals surface area contributed by atoms with Crippen LogP contribution in [0.2, 0.25) is 0 Å². The maximum absolute atomic E-state index is 11.2. The van der Waals surface area contributed by atoms with Crippen molar-refractivity contribution in [3.63, 3.8) is 0 Å². The summed E-state index contributed by atoms with van der Waals surface area (Å²) in [7, 11) is 0. The molecule has 0 radical (unpaired) electrons. The lowest BCUT2D eigenvalue weighted by atomic mass is 9.97. The van der Waals surface area contributed by atoms with E-state index in [1.165, 1.54) is 11.3 Å². The molecule has 1 aliphatic rings. The second kappa shape index (κ2) is 5.71. The number of carbonyl (C=O) groups excluding carboxylic acids is 1. The summed E-state index contributed by atoms with van der Waals surface area (Å²) in [6.07, 6.45) is 1.92. The molecule has 1 aromatic rings. The largest absolute Gasteiger partial charge is 0.462 e. The van der Waals surface area contributed by atoms with Crippen LogP contribution in [0.4, 0.5) is 5.69 Å². The molecule has 1 heterocycles. The first-order valence-corrected chi connectivity index (χ1v) is 6.34. The van der Waals surface area contributed by atoms with Crippen LogP contribution in [0.1, 0.15) is 31.2 Å². The maximum atomic E-state index is 11.2. The Balaban J connectivity index is 1.76. The third-order valence-corrected chi connectivity index (χ3v) is 3.22. The zero-order valence-electron chi connectivity index (χ0n) is 10.7. The van der Waals surface area contributed by atoms with Crippen LogP contribution in [0.5, 0.6) is 0 Å². The standard InChI is InChI=1S/C15H19NO2/c1-11(2)15(17)18-9-5-6-12-10-16-14-8-4-3-7-13(12)14/h3-4,7-8,12,16H,1,5-6,9-10H2,2H3. The summed E-state index contributed by atoms with van der Waals surface area (Å²) >= 11 is 0. The summed E-state index contributed by atoms with van der Waals surface area (Å²) in [6, 6.07) is 8.39. The third kappa shape index (κ3) is 2.92. The fourth-order valence-electron chi connectivity index (χ4n) is 2.23. The molecule has 1 N–H and O–H groups in total. The van der Waals surface area contributed by atoms with Gasteiger partial charge >= 0.3 is 5.97 Å². The molecule has 3 heteroatoms. The first kappa shape index (κ1) is 12.7. The molecule has 96 valence electrons. The van der Waals surface area contributed by atoms with Gasteiger partial charge in [-0.1, -0.05) is 24.8 Å². The monoisotopic (exact) mass is 245 g/mol. The Bertz CT molecular complexity index is 454. The van der Waals surface area contributed by atoms with Crippen molar-refractivity contribution in [2.24, 2.45) is 0 Å². The van der Waals surface area contributed by atoms with E-state index >= 15 is 0 Å². The van der Waals surface area contributed by atoms with Crippen molar-refractivity contribution in [3.8, 4) is 0 Å². The van der Waals surface area contributed by atoms with Gasteiger partial charge in [0, 0.05) is 23.7 Å². The van der Waals surface area contributed by atoms with E-state index in [4.69, 9.17) is 4.74 Å². The van der Waals surface area contributed by atoms with Gasteiger partial charge < -0.3 is 10.1 Å². The van der Waals surface area contributed by atoms with Crippen molar-refractivity contribution in [2.75, 3.05) is 18.5 Å².